The normalized spacial score (nSPS) is 15.4. The summed E-state index contributed by atoms with van der Waals surface area (Å²) >= 11 is 0. The van der Waals surface area contributed by atoms with Crippen molar-refractivity contribution in [3.05, 3.63) is 42.2 Å². The van der Waals surface area contributed by atoms with Crippen LogP contribution < -0.4 is 10.1 Å². The summed E-state index contributed by atoms with van der Waals surface area (Å²) in [5, 5.41) is 7.65. The summed E-state index contributed by atoms with van der Waals surface area (Å²) in [5.41, 5.74) is 1.41. The maximum atomic E-state index is 12.7. The molecule has 0 atom stereocenters. The number of ether oxygens (including phenoxy) is 1. The minimum Gasteiger partial charge on any atom is -0.497 e. The number of rotatable bonds is 6. The lowest BCUT2D eigenvalue weighted by molar-refractivity contribution is 0.0680. The lowest BCUT2D eigenvalue weighted by Gasteiger charge is -2.31. The summed E-state index contributed by atoms with van der Waals surface area (Å²) in [6, 6.07) is 9.41. The highest BCUT2D eigenvalue weighted by molar-refractivity contribution is 5.92. The number of nitrogens with zero attached hydrogens (tertiary/aromatic N) is 3. The smallest absolute Gasteiger partial charge is 0.274 e. The lowest BCUT2D eigenvalue weighted by Crippen LogP contribution is -2.39. The summed E-state index contributed by atoms with van der Waals surface area (Å²) in [7, 11) is 3.62. The van der Waals surface area contributed by atoms with Crippen molar-refractivity contribution in [2.75, 3.05) is 33.8 Å². The minimum atomic E-state index is 0.0272. The van der Waals surface area contributed by atoms with Crippen LogP contribution in [0.15, 0.2) is 36.5 Å². The van der Waals surface area contributed by atoms with Crippen LogP contribution in [0.3, 0.4) is 0 Å². The molecule has 0 unspecified atom stereocenters. The highest BCUT2D eigenvalue weighted by Gasteiger charge is 2.24. The zero-order chi connectivity index (χ0) is 17.6. The molecule has 1 aliphatic heterocycles. The predicted octanol–water partition coefficient (Wildman–Crippen LogP) is 2.34. The van der Waals surface area contributed by atoms with E-state index in [4.69, 9.17) is 4.74 Å². The first-order chi connectivity index (χ1) is 12.2. The van der Waals surface area contributed by atoms with Gasteiger partial charge in [-0.05, 0) is 69.1 Å². The third-order valence-corrected chi connectivity index (χ3v) is 4.85. The van der Waals surface area contributed by atoms with Crippen LogP contribution in [0.4, 0.5) is 0 Å². The summed E-state index contributed by atoms with van der Waals surface area (Å²) in [5.74, 6) is 1.54. The lowest BCUT2D eigenvalue weighted by atomic mass is 9.93. The van der Waals surface area contributed by atoms with Gasteiger partial charge < -0.3 is 15.0 Å². The van der Waals surface area contributed by atoms with Crippen molar-refractivity contribution < 1.29 is 9.53 Å². The van der Waals surface area contributed by atoms with E-state index in [1.807, 2.05) is 42.4 Å². The molecule has 0 aliphatic carbocycles. The molecule has 1 amide bonds. The molecule has 2 heterocycles. The molecule has 6 heteroatoms. The molecular formula is C19H26N4O2. The van der Waals surface area contributed by atoms with E-state index in [-0.39, 0.29) is 5.91 Å². The number of nitrogens with one attached hydrogen (secondary N) is 1. The summed E-state index contributed by atoms with van der Waals surface area (Å²) < 4.78 is 6.90. The highest BCUT2D eigenvalue weighted by atomic mass is 16.5. The number of carbonyl (C=O) groups excluding carboxylic acids is 1. The Balaban J connectivity index is 1.61. The molecule has 134 valence electrons. The molecule has 0 bridgehead atoms. The number of aromatic nitrogens is 2. The van der Waals surface area contributed by atoms with E-state index < -0.39 is 0 Å². The van der Waals surface area contributed by atoms with Crippen LogP contribution >= 0.6 is 0 Å². The fourth-order valence-electron chi connectivity index (χ4n) is 3.25. The molecular weight excluding hydrogens is 316 g/mol. The van der Waals surface area contributed by atoms with Crippen molar-refractivity contribution in [3.8, 4) is 11.4 Å². The second-order valence-corrected chi connectivity index (χ2v) is 6.47. The number of hydrogen-bond acceptors (Lipinski definition) is 4. The largest absolute Gasteiger partial charge is 0.497 e. The molecule has 0 saturated carbocycles. The van der Waals surface area contributed by atoms with Gasteiger partial charge in [-0.2, -0.15) is 5.10 Å². The average molecular weight is 342 g/mol. The molecule has 2 aromatic rings. The molecule has 1 aliphatic rings. The molecule has 1 N–H and O–H groups in total. The fraction of sp³-hybridized carbons (Fsp3) is 0.474. The van der Waals surface area contributed by atoms with Gasteiger partial charge in [0.25, 0.3) is 5.91 Å². The molecule has 6 nitrogen and oxygen atoms in total. The third-order valence-electron chi connectivity index (χ3n) is 4.85. The Bertz CT molecular complexity index is 688. The predicted molar refractivity (Wildman–Crippen MR) is 97.3 cm³/mol. The molecule has 1 fully saturated rings. The van der Waals surface area contributed by atoms with Crippen LogP contribution in [0.25, 0.3) is 5.69 Å². The minimum absolute atomic E-state index is 0.0272. The van der Waals surface area contributed by atoms with Gasteiger partial charge in [0.05, 0.1) is 12.8 Å². The van der Waals surface area contributed by atoms with E-state index in [2.05, 4.69) is 10.4 Å². The van der Waals surface area contributed by atoms with Gasteiger partial charge in [-0.1, -0.05) is 0 Å². The van der Waals surface area contributed by atoms with Gasteiger partial charge in [0, 0.05) is 19.3 Å². The Morgan fingerprint density at radius 3 is 2.60 bits per heavy atom. The van der Waals surface area contributed by atoms with Gasteiger partial charge in [-0.25, -0.2) is 4.68 Å². The standard InChI is InChI=1S/C19H26N4O2/c1-20-11-7-15-8-12-22(13-9-15)19(24)18-10-14-23(21-18)16-3-5-17(25-2)6-4-16/h3-6,10,14-15,20H,7-9,11-13H2,1-2H3. The number of amides is 1. The van der Waals surface area contributed by atoms with E-state index in [1.54, 1.807) is 17.9 Å². The fourth-order valence-corrected chi connectivity index (χ4v) is 3.25. The van der Waals surface area contributed by atoms with Crippen molar-refractivity contribution in [3.63, 3.8) is 0 Å². The van der Waals surface area contributed by atoms with Crippen LogP contribution in [0.2, 0.25) is 0 Å². The monoisotopic (exact) mass is 342 g/mol. The maximum Gasteiger partial charge on any atom is 0.274 e. The maximum absolute atomic E-state index is 12.7. The second-order valence-electron chi connectivity index (χ2n) is 6.47. The quantitative estimate of drug-likeness (QED) is 0.875. The first kappa shape index (κ1) is 17.5. The van der Waals surface area contributed by atoms with E-state index >= 15 is 0 Å². The Kier molecular flexibility index (Phi) is 5.71. The van der Waals surface area contributed by atoms with Gasteiger partial charge in [0.1, 0.15) is 5.75 Å². The van der Waals surface area contributed by atoms with E-state index in [0.717, 1.165) is 43.9 Å². The first-order valence-corrected chi connectivity index (χ1v) is 8.85. The number of piperidine rings is 1. The topological polar surface area (TPSA) is 59.4 Å². The van der Waals surface area contributed by atoms with Crippen molar-refractivity contribution >= 4 is 5.91 Å². The van der Waals surface area contributed by atoms with Crippen molar-refractivity contribution in [2.24, 2.45) is 5.92 Å². The Hall–Kier alpha value is -2.34. The van der Waals surface area contributed by atoms with Crippen LogP contribution in [-0.2, 0) is 0 Å². The zero-order valence-corrected chi connectivity index (χ0v) is 14.9. The first-order valence-electron chi connectivity index (χ1n) is 8.85. The number of benzene rings is 1. The van der Waals surface area contributed by atoms with Crippen molar-refractivity contribution in [1.82, 2.24) is 20.0 Å². The molecule has 3 rings (SSSR count). The van der Waals surface area contributed by atoms with Gasteiger partial charge in [-0.3, -0.25) is 4.79 Å². The van der Waals surface area contributed by atoms with Gasteiger partial charge >= 0.3 is 0 Å². The number of carbonyl (C=O) groups is 1. The average Bonchev–Trinajstić information content (AvgIpc) is 3.16. The highest BCUT2D eigenvalue weighted by Crippen LogP contribution is 2.21. The Labute approximate surface area is 148 Å². The molecule has 0 radical (unpaired) electrons. The van der Waals surface area contributed by atoms with Crippen LogP contribution in [-0.4, -0.2) is 54.4 Å². The summed E-state index contributed by atoms with van der Waals surface area (Å²) in [4.78, 5) is 14.6. The number of methoxy groups -OCH3 is 1. The van der Waals surface area contributed by atoms with Gasteiger partial charge in [-0.15, -0.1) is 0 Å². The van der Waals surface area contributed by atoms with E-state index in [1.165, 1.54) is 6.42 Å². The van der Waals surface area contributed by atoms with Gasteiger partial charge in [0.15, 0.2) is 5.69 Å². The van der Waals surface area contributed by atoms with Crippen LogP contribution in [0, 0.1) is 5.92 Å². The SMILES string of the molecule is CNCCC1CCN(C(=O)c2ccn(-c3ccc(OC)cc3)n2)CC1. The van der Waals surface area contributed by atoms with Crippen LogP contribution in [0.1, 0.15) is 29.8 Å². The molecule has 1 saturated heterocycles. The van der Waals surface area contributed by atoms with Crippen LogP contribution in [0.5, 0.6) is 5.75 Å². The molecule has 25 heavy (non-hydrogen) atoms. The molecule has 1 aromatic carbocycles. The second kappa shape index (κ2) is 8.16. The third kappa shape index (κ3) is 4.20. The zero-order valence-electron chi connectivity index (χ0n) is 14.9. The number of hydrogen-bond donors (Lipinski definition) is 1. The van der Waals surface area contributed by atoms with E-state index in [9.17, 15) is 4.79 Å². The van der Waals surface area contributed by atoms with Crippen molar-refractivity contribution in [1.29, 1.82) is 0 Å². The summed E-state index contributed by atoms with van der Waals surface area (Å²) in [6.07, 6.45) is 5.17. The van der Waals surface area contributed by atoms with Gasteiger partial charge in [0.2, 0.25) is 0 Å². The summed E-state index contributed by atoms with van der Waals surface area (Å²) in [6.45, 7) is 2.69. The van der Waals surface area contributed by atoms with E-state index in [0.29, 0.717) is 11.6 Å². The Morgan fingerprint density at radius 1 is 1.24 bits per heavy atom. The molecule has 1 aromatic heterocycles. The van der Waals surface area contributed by atoms with Crippen molar-refractivity contribution in [2.45, 2.75) is 19.3 Å². The number of likely N-dealkylation sites (tertiary alicyclic amines) is 1. The molecule has 0 spiro atoms. The Morgan fingerprint density at radius 2 is 1.96 bits per heavy atom.